The highest BCUT2D eigenvalue weighted by Gasteiger charge is 2.07. The lowest BCUT2D eigenvalue weighted by atomic mass is 10.2. The molecule has 4 heteroatoms. The fourth-order valence-corrected chi connectivity index (χ4v) is 1.61. The standard InChI is InChI=1S/C13H8ClFN2/c14-10-5-3-7-12(13(10)15)17-11-6-2-1-4-9(11)8-16/h1-7,17H. The minimum atomic E-state index is -0.526. The van der Waals surface area contributed by atoms with E-state index in [1.54, 1.807) is 36.4 Å². The molecule has 0 bridgehead atoms. The molecule has 84 valence electrons. The third-order valence-electron chi connectivity index (χ3n) is 2.27. The highest BCUT2D eigenvalue weighted by Crippen LogP contribution is 2.26. The Morgan fingerprint density at radius 2 is 1.76 bits per heavy atom. The van der Waals surface area contributed by atoms with Crippen LogP contribution in [-0.2, 0) is 0 Å². The maximum Gasteiger partial charge on any atom is 0.165 e. The zero-order chi connectivity index (χ0) is 12.3. The summed E-state index contributed by atoms with van der Waals surface area (Å²) < 4.78 is 13.6. The number of para-hydroxylation sites is 1. The van der Waals surface area contributed by atoms with E-state index in [1.165, 1.54) is 6.07 Å². The molecule has 0 aromatic heterocycles. The molecule has 0 heterocycles. The summed E-state index contributed by atoms with van der Waals surface area (Å²) in [6, 6.07) is 13.6. The molecule has 0 aliphatic heterocycles. The van der Waals surface area contributed by atoms with Crippen LogP contribution >= 0.6 is 11.6 Å². The van der Waals surface area contributed by atoms with E-state index >= 15 is 0 Å². The Hall–Kier alpha value is -2.05. The average Bonchev–Trinajstić information content (AvgIpc) is 2.35. The molecular weight excluding hydrogens is 239 g/mol. The van der Waals surface area contributed by atoms with Gasteiger partial charge in [-0.2, -0.15) is 5.26 Å². The zero-order valence-corrected chi connectivity index (χ0v) is 9.50. The number of hydrogen-bond donors (Lipinski definition) is 1. The second-order valence-corrected chi connectivity index (χ2v) is 3.79. The number of nitrogens with zero attached hydrogens (tertiary/aromatic N) is 1. The molecule has 0 fully saturated rings. The Balaban J connectivity index is 2.39. The van der Waals surface area contributed by atoms with Crippen LogP contribution in [0.1, 0.15) is 5.56 Å². The van der Waals surface area contributed by atoms with Crippen molar-refractivity contribution in [3.63, 3.8) is 0 Å². The fourth-order valence-electron chi connectivity index (χ4n) is 1.44. The second kappa shape index (κ2) is 4.86. The molecule has 1 N–H and O–H groups in total. The van der Waals surface area contributed by atoms with Crippen molar-refractivity contribution >= 4 is 23.0 Å². The predicted octanol–water partition coefficient (Wildman–Crippen LogP) is 4.09. The Morgan fingerprint density at radius 3 is 2.53 bits per heavy atom. The predicted molar refractivity (Wildman–Crippen MR) is 65.8 cm³/mol. The molecule has 2 aromatic carbocycles. The third kappa shape index (κ3) is 2.38. The van der Waals surface area contributed by atoms with Crippen molar-refractivity contribution in [3.8, 4) is 6.07 Å². The molecule has 0 unspecified atom stereocenters. The summed E-state index contributed by atoms with van der Waals surface area (Å²) in [5, 5.41) is 11.8. The molecule has 2 nitrogen and oxygen atoms in total. The van der Waals surface area contributed by atoms with Crippen LogP contribution in [0.15, 0.2) is 42.5 Å². The molecule has 0 spiro atoms. The lowest BCUT2D eigenvalue weighted by molar-refractivity contribution is 0.632. The van der Waals surface area contributed by atoms with Crippen molar-refractivity contribution in [2.75, 3.05) is 5.32 Å². The first-order chi connectivity index (χ1) is 8.22. The number of benzene rings is 2. The van der Waals surface area contributed by atoms with Gasteiger partial charge in [-0.3, -0.25) is 0 Å². The van der Waals surface area contributed by atoms with E-state index in [0.29, 0.717) is 11.3 Å². The smallest absolute Gasteiger partial charge is 0.165 e. The van der Waals surface area contributed by atoms with E-state index < -0.39 is 5.82 Å². The van der Waals surface area contributed by atoms with Crippen LogP contribution in [0.5, 0.6) is 0 Å². The molecule has 0 atom stereocenters. The molecule has 0 aliphatic rings. The highest BCUT2D eigenvalue weighted by molar-refractivity contribution is 6.31. The van der Waals surface area contributed by atoms with Gasteiger partial charge < -0.3 is 5.32 Å². The average molecular weight is 247 g/mol. The summed E-state index contributed by atoms with van der Waals surface area (Å²) in [6.07, 6.45) is 0. The second-order valence-electron chi connectivity index (χ2n) is 3.38. The van der Waals surface area contributed by atoms with Crippen LogP contribution in [0.25, 0.3) is 0 Å². The van der Waals surface area contributed by atoms with E-state index in [2.05, 4.69) is 5.32 Å². The van der Waals surface area contributed by atoms with Crippen molar-refractivity contribution in [1.29, 1.82) is 5.26 Å². The summed E-state index contributed by atoms with van der Waals surface area (Å²) in [5.74, 6) is -0.526. The summed E-state index contributed by atoms with van der Waals surface area (Å²) in [4.78, 5) is 0. The highest BCUT2D eigenvalue weighted by atomic mass is 35.5. The van der Waals surface area contributed by atoms with Crippen LogP contribution in [0.2, 0.25) is 5.02 Å². The molecule has 2 rings (SSSR count). The van der Waals surface area contributed by atoms with E-state index in [0.717, 1.165) is 0 Å². The molecule has 0 saturated carbocycles. The van der Waals surface area contributed by atoms with Gasteiger partial charge in [0.25, 0.3) is 0 Å². The number of nitriles is 1. The van der Waals surface area contributed by atoms with Crippen molar-refractivity contribution in [3.05, 3.63) is 58.9 Å². The monoisotopic (exact) mass is 246 g/mol. The number of halogens is 2. The van der Waals surface area contributed by atoms with E-state index in [4.69, 9.17) is 16.9 Å². The van der Waals surface area contributed by atoms with Crippen LogP contribution in [0, 0.1) is 17.1 Å². The first kappa shape index (κ1) is 11.4. The van der Waals surface area contributed by atoms with Gasteiger partial charge in [0.2, 0.25) is 0 Å². The van der Waals surface area contributed by atoms with Crippen molar-refractivity contribution in [2.45, 2.75) is 0 Å². The van der Waals surface area contributed by atoms with Gasteiger partial charge in [0.15, 0.2) is 5.82 Å². The number of hydrogen-bond acceptors (Lipinski definition) is 2. The SMILES string of the molecule is N#Cc1ccccc1Nc1cccc(Cl)c1F. The summed E-state index contributed by atoms with van der Waals surface area (Å²) in [5.41, 5.74) is 1.25. The van der Waals surface area contributed by atoms with Crippen molar-refractivity contribution in [1.82, 2.24) is 0 Å². The van der Waals surface area contributed by atoms with Crippen molar-refractivity contribution < 1.29 is 4.39 Å². The first-order valence-corrected chi connectivity index (χ1v) is 5.30. The van der Waals surface area contributed by atoms with E-state index in [1.807, 2.05) is 6.07 Å². The Kier molecular flexibility index (Phi) is 3.27. The van der Waals surface area contributed by atoms with Crippen molar-refractivity contribution in [2.24, 2.45) is 0 Å². The largest absolute Gasteiger partial charge is 0.352 e. The van der Waals surface area contributed by atoms with Gasteiger partial charge in [0.1, 0.15) is 6.07 Å². The minimum Gasteiger partial charge on any atom is -0.352 e. The van der Waals surface area contributed by atoms with Crippen LogP contribution in [-0.4, -0.2) is 0 Å². The number of anilines is 2. The Morgan fingerprint density at radius 1 is 1.06 bits per heavy atom. The van der Waals surface area contributed by atoms with E-state index in [-0.39, 0.29) is 10.7 Å². The quantitative estimate of drug-likeness (QED) is 0.866. The molecule has 17 heavy (non-hydrogen) atoms. The van der Waals surface area contributed by atoms with Gasteiger partial charge in [-0.25, -0.2) is 4.39 Å². The van der Waals surface area contributed by atoms with Gasteiger partial charge in [0.05, 0.1) is 22.0 Å². The van der Waals surface area contributed by atoms with Crippen LogP contribution < -0.4 is 5.32 Å². The third-order valence-corrected chi connectivity index (χ3v) is 2.56. The van der Waals surface area contributed by atoms with Gasteiger partial charge in [-0.15, -0.1) is 0 Å². The number of nitrogens with one attached hydrogen (secondary N) is 1. The minimum absolute atomic E-state index is 0.0458. The lowest BCUT2D eigenvalue weighted by Gasteiger charge is -2.09. The van der Waals surface area contributed by atoms with Gasteiger partial charge in [-0.05, 0) is 24.3 Å². The molecule has 2 aromatic rings. The summed E-state index contributed by atoms with van der Waals surface area (Å²) >= 11 is 5.67. The molecule has 0 amide bonds. The zero-order valence-electron chi connectivity index (χ0n) is 8.74. The van der Waals surface area contributed by atoms with Gasteiger partial charge in [-0.1, -0.05) is 29.8 Å². The Bertz CT molecular complexity index is 590. The first-order valence-electron chi connectivity index (χ1n) is 4.92. The molecule has 0 radical (unpaired) electrons. The van der Waals surface area contributed by atoms with Crippen LogP contribution in [0.4, 0.5) is 15.8 Å². The fraction of sp³-hybridized carbons (Fsp3) is 0. The van der Waals surface area contributed by atoms with Crippen LogP contribution in [0.3, 0.4) is 0 Å². The lowest BCUT2D eigenvalue weighted by Crippen LogP contribution is -1.96. The van der Waals surface area contributed by atoms with Gasteiger partial charge in [0, 0.05) is 0 Å². The summed E-state index contributed by atoms with van der Waals surface area (Å²) in [7, 11) is 0. The molecular formula is C13H8ClFN2. The van der Waals surface area contributed by atoms with Gasteiger partial charge >= 0.3 is 0 Å². The topological polar surface area (TPSA) is 35.8 Å². The maximum absolute atomic E-state index is 13.6. The summed E-state index contributed by atoms with van der Waals surface area (Å²) in [6.45, 7) is 0. The normalized spacial score (nSPS) is 9.71. The van der Waals surface area contributed by atoms with E-state index in [9.17, 15) is 4.39 Å². The number of rotatable bonds is 2. The molecule has 0 aliphatic carbocycles. The Labute approximate surface area is 103 Å². The molecule has 0 saturated heterocycles. The maximum atomic E-state index is 13.6.